The summed E-state index contributed by atoms with van der Waals surface area (Å²) in [5.41, 5.74) is 3.22. The Bertz CT molecular complexity index is 689. The topological polar surface area (TPSA) is 29.1 Å². The van der Waals surface area contributed by atoms with E-state index in [1.165, 1.54) is 29.0 Å². The van der Waals surface area contributed by atoms with Crippen molar-refractivity contribution in [1.82, 2.24) is 5.32 Å². The molecule has 1 amide bonds. The average molecular weight is 329 g/mol. The molecular weight excluding hydrogens is 309 g/mol. The lowest BCUT2D eigenvalue weighted by Gasteiger charge is -2.26. The summed E-state index contributed by atoms with van der Waals surface area (Å²) in [6, 6.07) is 15.1. The maximum absolute atomic E-state index is 13.5. The van der Waals surface area contributed by atoms with Crippen molar-refractivity contribution in [3.05, 3.63) is 71.0 Å². The third-order valence-electron chi connectivity index (χ3n) is 4.15. The van der Waals surface area contributed by atoms with Crippen LogP contribution in [0.5, 0.6) is 0 Å². The van der Waals surface area contributed by atoms with E-state index in [-0.39, 0.29) is 17.8 Å². The number of halogens is 1. The number of amides is 1. The van der Waals surface area contributed by atoms with Crippen molar-refractivity contribution in [2.24, 2.45) is 0 Å². The van der Waals surface area contributed by atoms with Crippen LogP contribution in [0.3, 0.4) is 0 Å². The van der Waals surface area contributed by atoms with Crippen molar-refractivity contribution in [3.8, 4) is 0 Å². The van der Waals surface area contributed by atoms with E-state index in [0.717, 1.165) is 19.3 Å². The Morgan fingerprint density at radius 3 is 2.83 bits per heavy atom. The molecule has 0 heterocycles. The van der Waals surface area contributed by atoms with E-state index in [9.17, 15) is 9.18 Å². The number of rotatable bonds is 5. The summed E-state index contributed by atoms with van der Waals surface area (Å²) in [7, 11) is 0. The Hall–Kier alpha value is -1.81. The molecule has 120 valence electrons. The van der Waals surface area contributed by atoms with Gasteiger partial charge in [0.25, 0.3) is 0 Å². The SMILES string of the molecule is O=C(CSCc1ccccc1F)N[C@H]1CCCc2ccccc21. The molecule has 2 aromatic carbocycles. The van der Waals surface area contributed by atoms with E-state index in [0.29, 0.717) is 17.1 Å². The molecular formula is C19H20FNOS. The molecule has 2 aromatic rings. The summed E-state index contributed by atoms with van der Waals surface area (Å²) in [6.45, 7) is 0. The van der Waals surface area contributed by atoms with Gasteiger partial charge < -0.3 is 5.32 Å². The molecule has 0 aliphatic heterocycles. The van der Waals surface area contributed by atoms with Crippen LogP contribution in [0.2, 0.25) is 0 Å². The van der Waals surface area contributed by atoms with Gasteiger partial charge in [0.2, 0.25) is 5.91 Å². The molecule has 0 fully saturated rings. The van der Waals surface area contributed by atoms with Gasteiger partial charge in [0.05, 0.1) is 11.8 Å². The second-order valence-corrected chi connectivity index (χ2v) is 6.78. The van der Waals surface area contributed by atoms with E-state index in [2.05, 4.69) is 17.4 Å². The van der Waals surface area contributed by atoms with Gasteiger partial charge in [0.1, 0.15) is 5.82 Å². The minimum Gasteiger partial charge on any atom is -0.349 e. The third kappa shape index (κ3) is 4.14. The van der Waals surface area contributed by atoms with Crippen LogP contribution in [0.15, 0.2) is 48.5 Å². The number of aryl methyl sites for hydroxylation is 1. The summed E-state index contributed by atoms with van der Waals surface area (Å²) in [6.07, 6.45) is 3.18. The number of fused-ring (bicyclic) bond motifs is 1. The number of thioether (sulfide) groups is 1. The molecule has 0 radical (unpaired) electrons. The van der Waals surface area contributed by atoms with Crippen molar-refractivity contribution in [2.75, 3.05) is 5.75 Å². The maximum atomic E-state index is 13.5. The fraction of sp³-hybridized carbons (Fsp3) is 0.316. The summed E-state index contributed by atoms with van der Waals surface area (Å²) < 4.78 is 13.5. The predicted octanol–water partition coefficient (Wildman–Crippen LogP) is 4.25. The standard InChI is InChI=1S/C19H20FNOS/c20-17-10-4-2-7-15(17)12-23-13-19(22)21-18-11-5-8-14-6-1-3-9-16(14)18/h1-4,6-7,9-10,18H,5,8,11-13H2,(H,21,22)/t18-/m0/s1. The van der Waals surface area contributed by atoms with E-state index in [4.69, 9.17) is 0 Å². The summed E-state index contributed by atoms with van der Waals surface area (Å²) in [5.74, 6) is 0.684. The molecule has 4 heteroatoms. The van der Waals surface area contributed by atoms with Crippen LogP contribution in [0.4, 0.5) is 4.39 Å². The van der Waals surface area contributed by atoms with E-state index < -0.39 is 0 Å². The summed E-state index contributed by atoms with van der Waals surface area (Å²) in [4.78, 5) is 12.2. The van der Waals surface area contributed by atoms with Gasteiger partial charge in [-0.1, -0.05) is 42.5 Å². The van der Waals surface area contributed by atoms with Crippen molar-refractivity contribution >= 4 is 17.7 Å². The molecule has 23 heavy (non-hydrogen) atoms. The van der Waals surface area contributed by atoms with Crippen molar-refractivity contribution in [1.29, 1.82) is 0 Å². The third-order valence-corrected chi connectivity index (χ3v) is 5.13. The largest absolute Gasteiger partial charge is 0.349 e. The van der Waals surface area contributed by atoms with Gasteiger partial charge in [-0.2, -0.15) is 0 Å². The minimum absolute atomic E-state index is 0.0213. The number of hydrogen-bond acceptors (Lipinski definition) is 2. The highest BCUT2D eigenvalue weighted by molar-refractivity contribution is 7.99. The van der Waals surface area contributed by atoms with Crippen LogP contribution in [0.25, 0.3) is 0 Å². The van der Waals surface area contributed by atoms with E-state index >= 15 is 0 Å². The van der Waals surface area contributed by atoms with Crippen molar-refractivity contribution in [2.45, 2.75) is 31.1 Å². The van der Waals surface area contributed by atoms with Crippen LogP contribution in [-0.2, 0) is 17.0 Å². The Labute approximate surface area is 140 Å². The Morgan fingerprint density at radius 2 is 1.96 bits per heavy atom. The lowest BCUT2D eigenvalue weighted by atomic mass is 9.88. The smallest absolute Gasteiger partial charge is 0.230 e. The summed E-state index contributed by atoms with van der Waals surface area (Å²) >= 11 is 1.45. The number of hydrogen-bond donors (Lipinski definition) is 1. The van der Waals surface area contributed by atoms with Gasteiger partial charge in [0.15, 0.2) is 0 Å². The highest BCUT2D eigenvalue weighted by atomic mass is 32.2. The zero-order valence-electron chi connectivity index (χ0n) is 12.9. The van der Waals surface area contributed by atoms with Crippen LogP contribution < -0.4 is 5.32 Å². The van der Waals surface area contributed by atoms with Gasteiger partial charge >= 0.3 is 0 Å². The molecule has 1 aliphatic carbocycles. The molecule has 1 aliphatic rings. The fourth-order valence-corrected chi connectivity index (χ4v) is 3.83. The first-order valence-corrected chi connectivity index (χ1v) is 9.08. The van der Waals surface area contributed by atoms with Gasteiger partial charge in [-0.25, -0.2) is 4.39 Å². The number of carbonyl (C=O) groups is 1. The fourth-order valence-electron chi connectivity index (χ4n) is 3.01. The zero-order chi connectivity index (χ0) is 16.1. The van der Waals surface area contributed by atoms with Crippen molar-refractivity contribution < 1.29 is 9.18 Å². The summed E-state index contributed by atoms with van der Waals surface area (Å²) in [5, 5.41) is 3.12. The number of carbonyl (C=O) groups excluding carboxylic acids is 1. The lowest BCUT2D eigenvalue weighted by molar-refractivity contribution is -0.119. The Balaban J connectivity index is 1.52. The highest BCUT2D eigenvalue weighted by Crippen LogP contribution is 2.29. The maximum Gasteiger partial charge on any atom is 0.230 e. The molecule has 2 nitrogen and oxygen atoms in total. The lowest BCUT2D eigenvalue weighted by Crippen LogP contribution is -2.32. The second kappa shape index (κ2) is 7.64. The highest BCUT2D eigenvalue weighted by Gasteiger charge is 2.21. The average Bonchev–Trinajstić information content (AvgIpc) is 2.57. The quantitative estimate of drug-likeness (QED) is 0.888. The molecule has 1 atom stereocenters. The molecule has 0 saturated heterocycles. The first-order chi connectivity index (χ1) is 11.2. The van der Waals surface area contributed by atoms with Crippen LogP contribution in [-0.4, -0.2) is 11.7 Å². The van der Waals surface area contributed by atoms with Gasteiger partial charge in [-0.3, -0.25) is 4.79 Å². The Morgan fingerprint density at radius 1 is 1.17 bits per heavy atom. The van der Waals surface area contributed by atoms with Gasteiger partial charge in [-0.15, -0.1) is 11.8 Å². The van der Waals surface area contributed by atoms with E-state index in [1.54, 1.807) is 12.1 Å². The number of benzene rings is 2. The van der Waals surface area contributed by atoms with Crippen LogP contribution >= 0.6 is 11.8 Å². The van der Waals surface area contributed by atoms with Gasteiger partial charge in [-0.05, 0) is 42.0 Å². The molecule has 0 bridgehead atoms. The second-order valence-electron chi connectivity index (χ2n) is 5.80. The molecule has 1 N–H and O–H groups in total. The van der Waals surface area contributed by atoms with Crippen LogP contribution in [0, 0.1) is 5.82 Å². The first-order valence-electron chi connectivity index (χ1n) is 7.92. The molecule has 0 spiro atoms. The van der Waals surface area contributed by atoms with Crippen LogP contribution in [0.1, 0.15) is 35.6 Å². The molecule has 0 aromatic heterocycles. The number of nitrogens with one attached hydrogen (secondary N) is 1. The predicted molar refractivity (Wildman–Crippen MR) is 92.8 cm³/mol. The minimum atomic E-state index is -0.207. The molecule has 3 rings (SSSR count). The van der Waals surface area contributed by atoms with Crippen molar-refractivity contribution in [3.63, 3.8) is 0 Å². The van der Waals surface area contributed by atoms with Gasteiger partial charge in [0, 0.05) is 5.75 Å². The Kier molecular flexibility index (Phi) is 5.34. The van der Waals surface area contributed by atoms with E-state index in [1.807, 2.05) is 18.2 Å². The zero-order valence-corrected chi connectivity index (χ0v) is 13.7. The molecule has 0 saturated carbocycles. The monoisotopic (exact) mass is 329 g/mol. The normalized spacial score (nSPS) is 16.7. The molecule has 0 unspecified atom stereocenters. The first kappa shape index (κ1) is 16.1.